The number of rotatable bonds is 1. The molecule has 0 spiro atoms. The van der Waals surface area contributed by atoms with Crippen LogP contribution in [0.25, 0.3) is 0 Å². The fraction of sp³-hybridized carbons (Fsp3) is 0.889. The number of hydrogen-bond acceptors (Lipinski definition) is 4. The maximum atomic E-state index is 5.95. The molecule has 1 aliphatic carbocycles. The molecule has 0 bridgehead atoms. The normalized spacial score (nSPS) is 33.2. The molecule has 1 fully saturated rings. The highest BCUT2D eigenvalue weighted by atomic mass is 15.6. The molecule has 5 nitrogen and oxygen atoms in total. The lowest BCUT2D eigenvalue weighted by atomic mass is 9.78. The SMILES string of the molecule is CC1CCC(N)CC1c1nnn(C)n1. The van der Waals surface area contributed by atoms with Crippen LogP contribution in [-0.2, 0) is 7.05 Å². The monoisotopic (exact) mass is 195 g/mol. The van der Waals surface area contributed by atoms with Crippen molar-refractivity contribution in [2.75, 3.05) is 0 Å². The molecule has 1 aliphatic rings. The van der Waals surface area contributed by atoms with Crippen LogP contribution in [0.4, 0.5) is 0 Å². The summed E-state index contributed by atoms with van der Waals surface area (Å²) in [5.41, 5.74) is 5.95. The number of nitrogens with zero attached hydrogens (tertiary/aromatic N) is 4. The van der Waals surface area contributed by atoms with Gasteiger partial charge in [0.05, 0.1) is 7.05 Å². The molecule has 0 amide bonds. The molecule has 14 heavy (non-hydrogen) atoms. The zero-order valence-electron chi connectivity index (χ0n) is 8.72. The first-order valence-corrected chi connectivity index (χ1v) is 5.16. The number of tetrazole rings is 1. The van der Waals surface area contributed by atoms with Gasteiger partial charge in [0.25, 0.3) is 0 Å². The summed E-state index contributed by atoms with van der Waals surface area (Å²) >= 11 is 0. The van der Waals surface area contributed by atoms with Gasteiger partial charge in [-0.25, -0.2) is 0 Å². The summed E-state index contributed by atoms with van der Waals surface area (Å²) < 4.78 is 0. The van der Waals surface area contributed by atoms with Crippen LogP contribution in [0.15, 0.2) is 0 Å². The quantitative estimate of drug-likeness (QED) is 0.706. The van der Waals surface area contributed by atoms with Crippen molar-refractivity contribution >= 4 is 0 Å². The van der Waals surface area contributed by atoms with Gasteiger partial charge in [-0.15, -0.1) is 10.2 Å². The van der Waals surface area contributed by atoms with Crippen molar-refractivity contribution in [2.24, 2.45) is 18.7 Å². The summed E-state index contributed by atoms with van der Waals surface area (Å²) in [5.74, 6) is 1.88. The summed E-state index contributed by atoms with van der Waals surface area (Å²) in [7, 11) is 1.80. The molecule has 1 aromatic heterocycles. The number of nitrogens with two attached hydrogens (primary N) is 1. The molecule has 1 heterocycles. The van der Waals surface area contributed by atoms with Crippen LogP contribution in [0.5, 0.6) is 0 Å². The predicted octanol–water partition coefficient (Wildman–Crippen LogP) is 0.441. The highest BCUT2D eigenvalue weighted by Gasteiger charge is 2.30. The van der Waals surface area contributed by atoms with Crippen molar-refractivity contribution in [3.05, 3.63) is 5.82 Å². The fourth-order valence-corrected chi connectivity index (χ4v) is 2.16. The molecule has 0 aliphatic heterocycles. The Morgan fingerprint density at radius 2 is 2.21 bits per heavy atom. The molecule has 78 valence electrons. The number of hydrogen-bond donors (Lipinski definition) is 1. The second-order valence-corrected chi connectivity index (χ2v) is 4.29. The third-order valence-corrected chi connectivity index (χ3v) is 3.09. The Bertz CT molecular complexity index is 308. The number of aromatic nitrogens is 4. The van der Waals surface area contributed by atoms with Gasteiger partial charge in [0, 0.05) is 12.0 Å². The van der Waals surface area contributed by atoms with E-state index in [1.165, 1.54) is 11.2 Å². The first-order valence-electron chi connectivity index (χ1n) is 5.16. The van der Waals surface area contributed by atoms with Crippen molar-refractivity contribution in [3.8, 4) is 0 Å². The molecule has 5 heteroatoms. The fourth-order valence-electron chi connectivity index (χ4n) is 2.16. The van der Waals surface area contributed by atoms with Crippen LogP contribution in [-0.4, -0.2) is 26.2 Å². The highest BCUT2D eigenvalue weighted by Crippen LogP contribution is 2.34. The van der Waals surface area contributed by atoms with E-state index in [2.05, 4.69) is 22.3 Å². The summed E-state index contributed by atoms with van der Waals surface area (Å²) in [6.45, 7) is 2.24. The maximum Gasteiger partial charge on any atom is 0.178 e. The van der Waals surface area contributed by atoms with Crippen LogP contribution in [0.2, 0.25) is 0 Å². The molecule has 2 N–H and O–H groups in total. The second-order valence-electron chi connectivity index (χ2n) is 4.29. The first-order chi connectivity index (χ1) is 6.66. The zero-order valence-corrected chi connectivity index (χ0v) is 8.72. The molecule has 3 atom stereocenters. The van der Waals surface area contributed by atoms with Gasteiger partial charge in [0.15, 0.2) is 5.82 Å². The van der Waals surface area contributed by atoms with E-state index in [4.69, 9.17) is 5.73 Å². The van der Waals surface area contributed by atoms with Crippen LogP contribution < -0.4 is 5.73 Å². The van der Waals surface area contributed by atoms with Crippen molar-refractivity contribution < 1.29 is 0 Å². The third-order valence-electron chi connectivity index (χ3n) is 3.09. The molecule has 0 saturated heterocycles. The molecule has 1 saturated carbocycles. The Balaban J connectivity index is 2.15. The van der Waals surface area contributed by atoms with Gasteiger partial charge in [0.1, 0.15) is 0 Å². The van der Waals surface area contributed by atoms with Crippen LogP contribution in [0, 0.1) is 5.92 Å². The van der Waals surface area contributed by atoms with E-state index >= 15 is 0 Å². The van der Waals surface area contributed by atoms with Crippen LogP contribution in [0.3, 0.4) is 0 Å². The largest absolute Gasteiger partial charge is 0.328 e. The van der Waals surface area contributed by atoms with E-state index in [-0.39, 0.29) is 0 Å². The van der Waals surface area contributed by atoms with Gasteiger partial charge in [-0.05, 0) is 30.4 Å². The molecular formula is C9H17N5. The van der Waals surface area contributed by atoms with E-state index in [0.29, 0.717) is 17.9 Å². The third kappa shape index (κ3) is 1.77. The molecule has 2 rings (SSSR count). The lowest BCUT2D eigenvalue weighted by Gasteiger charge is -2.30. The summed E-state index contributed by atoms with van der Waals surface area (Å²) in [6, 6.07) is 0.306. The van der Waals surface area contributed by atoms with E-state index in [1.807, 2.05) is 0 Å². The Hall–Kier alpha value is -0.970. The standard InChI is InChI=1S/C9H17N5/c1-6-3-4-7(10)5-8(6)9-11-13-14(2)12-9/h6-8H,3-5,10H2,1-2H3. The number of aryl methyl sites for hydroxylation is 1. The lowest BCUT2D eigenvalue weighted by molar-refractivity contribution is 0.290. The van der Waals surface area contributed by atoms with Crippen molar-refractivity contribution in [3.63, 3.8) is 0 Å². The molecule has 0 aromatic carbocycles. The smallest absolute Gasteiger partial charge is 0.178 e. The van der Waals surface area contributed by atoms with Crippen molar-refractivity contribution in [2.45, 2.75) is 38.1 Å². The minimum absolute atomic E-state index is 0.306. The van der Waals surface area contributed by atoms with Crippen molar-refractivity contribution in [1.82, 2.24) is 20.2 Å². The van der Waals surface area contributed by atoms with Gasteiger partial charge in [0.2, 0.25) is 0 Å². The van der Waals surface area contributed by atoms with Gasteiger partial charge in [-0.1, -0.05) is 6.92 Å². The summed E-state index contributed by atoms with van der Waals surface area (Å²) in [5, 5.41) is 12.2. The summed E-state index contributed by atoms with van der Waals surface area (Å²) in [4.78, 5) is 1.52. The van der Waals surface area contributed by atoms with E-state index in [9.17, 15) is 0 Å². The highest BCUT2D eigenvalue weighted by molar-refractivity contribution is 4.98. The minimum Gasteiger partial charge on any atom is -0.328 e. The maximum absolute atomic E-state index is 5.95. The predicted molar refractivity (Wildman–Crippen MR) is 52.5 cm³/mol. The minimum atomic E-state index is 0.306. The van der Waals surface area contributed by atoms with E-state index < -0.39 is 0 Å². The van der Waals surface area contributed by atoms with E-state index in [1.54, 1.807) is 7.05 Å². The van der Waals surface area contributed by atoms with Gasteiger partial charge in [-0.3, -0.25) is 0 Å². The average Bonchev–Trinajstić information content (AvgIpc) is 2.56. The Kier molecular flexibility index (Phi) is 2.50. The van der Waals surface area contributed by atoms with Gasteiger partial charge >= 0.3 is 0 Å². The molecular weight excluding hydrogens is 178 g/mol. The lowest BCUT2D eigenvalue weighted by Crippen LogP contribution is -2.31. The van der Waals surface area contributed by atoms with Gasteiger partial charge in [-0.2, -0.15) is 4.80 Å². The van der Waals surface area contributed by atoms with E-state index in [0.717, 1.165) is 18.7 Å². The molecule has 0 radical (unpaired) electrons. The first kappa shape index (κ1) is 9.58. The second kappa shape index (κ2) is 3.65. The van der Waals surface area contributed by atoms with Crippen LogP contribution in [0.1, 0.15) is 37.9 Å². The molecule has 3 unspecified atom stereocenters. The Labute approximate surface area is 83.7 Å². The topological polar surface area (TPSA) is 69.6 Å². The van der Waals surface area contributed by atoms with Gasteiger partial charge < -0.3 is 5.73 Å². The Morgan fingerprint density at radius 1 is 1.43 bits per heavy atom. The Morgan fingerprint density at radius 3 is 2.86 bits per heavy atom. The molecule has 1 aromatic rings. The summed E-state index contributed by atoms with van der Waals surface area (Å²) in [6.07, 6.45) is 3.29. The zero-order chi connectivity index (χ0) is 10.1. The van der Waals surface area contributed by atoms with Crippen LogP contribution >= 0.6 is 0 Å². The average molecular weight is 195 g/mol. The van der Waals surface area contributed by atoms with Crippen molar-refractivity contribution in [1.29, 1.82) is 0 Å².